The second kappa shape index (κ2) is 5.79. The van der Waals surface area contributed by atoms with Crippen molar-refractivity contribution in [1.29, 1.82) is 0 Å². The molecule has 0 fully saturated rings. The van der Waals surface area contributed by atoms with Crippen LogP contribution in [0, 0.1) is 6.92 Å². The van der Waals surface area contributed by atoms with Gasteiger partial charge in [0.2, 0.25) is 0 Å². The zero-order valence-electron chi connectivity index (χ0n) is 9.04. The lowest BCUT2D eigenvalue weighted by Gasteiger charge is -2.13. The maximum Gasteiger partial charge on any atom is 0.324 e. The third-order valence-corrected chi connectivity index (χ3v) is 3.92. The molecule has 2 N–H and O–H groups in total. The molecule has 0 amide bonds. The summed E-state index contributed by atoms with van der Waals surface area (Å²) in [5.41, 5.74) is 5.72. The van der Waals surface area contributed by atoms with Gasteiger partial charge in [0, 0.05) is 0 Å². The van der Waals surface area contributed by atoms with Crippen molar-refractivity contribution in [2.24, 2.45) is 5.73 Å². The smallest absolute Gasteiger partial charge is 0.324 e. The summed E-state index contributed by atoms with van der Waals surface area (Å²) in [5.74, 6) is 0.372. The van der Waals surface area contributed by atoms with E-state index in [1.807, 2.05) is 11.5 Å². The molecule has 1 atom stereocenters. The van der Waals surface area contributed by atoms with E-state index >= 15 is 0 Å². The molecule has 1 unspecified atom stereocenters. The Morgan fingerprint density at radius 1 is 1.62 bits per heavy atom. The average molecular weight is 355 g/mol. The second-order valence-electron chi connectivity index (χ2n) is 3.21. The predicted molar refractivity (Wildman–Crippen MR) is 67.0 cm³/mol. The number of aryl methyl sites for hydroxylation is 1. The van der Waals surface area contributed by atoms with Crippen LogP contribution < -0.4 is 5.73 Å². The van der Waals surface area contributed by atoms with Crippen molar-refractivity contribution in [3.05, 3.63) is 15.0 Å². The molecule has 1 aromatic heterocycles. The lowest BCUT2D eigenvalue weighted by molar-refractivity contribution is -0.145. The summed E-state index contributed by atoms with van der Waals surface area (Å²) in [5, 5.41) is 0. The van der Waals surface area contributed by atoms with Crippen LogP contribution in [0.1, 0.15) is 12.7 Å². The van der Waals surface area contributed by atoms with E-state index in [9.17, 15) is 4.79 Å². The molecule has 7 heteroatoms. The number of esters is 1. The highest BCUT2D eigenvalue weighted by molar-refractivity contribution is 9.13. The fourth-order valence-corrected chi connectivity index (χ4v) is 2.20. The normalized spacial score (nSPS) is 12.6. The van der Waals surface area contributed by atoms with Gasteiger partial charge < -0.3 is 15.0 Å². The van der Waals surface area contributed by atoms with E-state index in [0.29, 0.717) is 17.8 Å². The van der Waals surface area contributed by atoms with Crippen molar-refractivity contribution < 1.29 is 9.53 Å². The van der Waals surface area contributed by atoms with Crippen LogP contribution in [-0.2, 0) is 16.1 Å². The fourth-order valence-electron chi connectivity index (χ4n) is 1.23. The summed E-state index contributed by atoms with van der Waals surface area (Å²) in [4.78, 5) is 15.6. The summed E-state index contributed by atoms with van der Waals surface area (Å²) in [7, 11) is 0. The van der Waals surface area contributed by atoms with Gasteiger partial charge in [0.25, 0.3) is 0 Å². The summed E-state index contributed by atoms with van der Waals surface area (Å²) < 4.78 is 8.11. The maximum absolute atomic E-state index is 11.4. The van der Waals surface area contributed by atoms with Crippen LogP contribution in [0.2, 0.25) is 0 Å². The molecule has 0 aliphatic rings. The molecule has 0 aliphatic heterocycles. The monoisotopic (exact) mass is 353 g/mol. The molecular formula is C9H13Br2N3O2. The minimum absolute atomic E-state index is 0.334. The molecule has 0 saturated heterocycles. The Morgan fingerprint density at radius 3 is 2.69 bits per heavy atom. The van der Waals surface area contributed by atoms with Gasteiger partial charge in [0.05, 0.1) is 13.2 Å². The first-order chi connectivity index (χ1) is 7.47. The minimum Gasteiger partial charge on any atom is -0.465 e. The third kappa shape index (κ3) is 3.05. The zero-order chi connectivity index (χ0) is 12.3. The van der Waals surface area contributed by atoms with E-state index in [4.69, 9.17) is 10.5 Å². The Hall–Kier alpha value is -0.400. The number of carbonyl (C=O) groups excluding carboxylic acids is 1. The molecule has 0 radical (unpaired) electrons. The molecule has 0 aromatic carbocycles. The van der Waals surface area contributed by atoms with Crippen molar-refractivity contribution >= 4 is 37.8 Å². The first-order valence-electron chi connectivity index (χ1n) is 4.77. The van der Waals surface area contributed by atoms with Gasteiger partial charge in [-0.2, -0.15) is 0 Å². The second-order valence-corrected chi connectivity index (χ2v) is 4.71. The molecule has 1 rings (SSSR count). The first-order valence-corrected chi connectivity index (χ1v) is 6.36. The Bertz CT molecular complexity index is 392. The van der Waals surface area contributed by atoms with Crippen LogP contribution >= 0.6 is 31.9 Å². The summed E-state index contributed by atoms with van der Waals surface area (Å²) in [6.07, 6.45) is 0. The van der Waals surface area contributed by atoms with Gasteiger partial charge in [-0.3, -0.25) is 4.79 Å². The number of imidazole rings is 1. The quantitative estimate of drug-likeness (QED) is 0.834. The van der Waals surface area contributed by atoms with Crippen LogP contribution in [0.4, 0.5) is 0 Å². The Morgan fingerprint density at radius 2 is 2.25 bits per heavy atom. The zero-order valence-corrected chi connectivity index (χ0v) is 12.2. The van der Waals surface area contributed by atoms with Gasteiger partial charge in [0.15, 0.2) is 0 Å². The molecule has 1 heterocycles. The molecule has 5 nitrogen and oxygen atoms in total. The summed E-state index contributed by atoms with van der Waals surface area (Å²) in [6, 6.07) is -0.684. The number of rotatable bonds is 4. The largest absolute Gasteiger partial charge is 0.465 e. The lowest BCUT2D eigenvalue weighted by Crippen LogP contribution is -2.36. The summed E-state index contributed by atoms with van der Waals surface area (Å²) in [6.45, 7) is 4.26. The SMILES string of the molecule is CCOC(=O)C(N)Cn1c(C)nc(Br)c1Br. The molecule has 0 spiro atoms. The van der Waals surface area contributed by atoms with Gasteiger partial charge in [-0.1, -0.05) is 0 Å². The van der Waals surface area contributed by atoms with Gasteiger partial charge in [-0.15, -0.1) is 0 Å². The number of nitrogens with zero attached hydrogens (tertiary/aromatic N) is 2. The number of ether oxygens (including phenoxy) is 1. The van der Waals surface area contributed by atoms with Crippen molar-refractivity contribution in [3.8, 4) is 0 Å². The minimum atomic E-state index is -0.684. The van der Waals surface area contributed by atoms with E-state index in [-0.39, 0.29) is 0 Å². The summed E-state index contributed by atoms with van der Waals surface area (Å²) >= 11 is 6.65. The predicted octanol–water partition coefficient (Wildman–Crippen LogP) is 1.61. The van der Waals surface area contributed by atoms with Crippen molar-refractivity contribution in [2.75, 3.05) is 6.61 Å². The van der Waals surface area contributed by atoms with Crippen LogP contribution in [0.25, 0.3) is 0 Å². The van der Waals surface area contributed by atoms with E-state index < -0.39 is 12.0 Å². The highest BCUT2D eigenvalue weighted by atomic mass is 79.9. The lowest BCUT2D eigenvalue weighted by atomic mass is 10.3. The fraction of sp³-hybridized carbons (Fsp3) is 0.556. The van der Waals surface area contributed by atoms with Crippen LogP contribution in [0.15, 0.2) is 9.21 Å². The van der Waals surface area contributed by atoms with Gasteiger partial charge >= 0.3 is 5.97 Å². The number of aromatic nitrogens is 2. The molecular weight excluding hydrogens is 342 g/mol. The van der Waals surface area contributed by atoms with Gasteiger partial charge in [0.1, 0.15) is 21.1 Å². The van der Waals surface area contributed by atoms with Crippen LogP contribution in [0.5, 0.6) is 0 Å². The van der Waals surface area contributed by atoms with Crippen LogP contribution in [-0.4, -0.2) is 28.2 Å². The Kier molecular flexibility index (Phi) is 4.94. The van der Waals surface area contributed by atoms with Crippen molar-refractivity contribution in [3.63, 3.8) is 0 Å². The third-order valence-electron chi connectivity index (χ3n) is 2.03. The molecule has 1 aromatic rings. The topological polar surface area (TPSA) is 70.1 Å². The number of hydrogen-bond acceptors (Lipinski definition) is 4. The average Bonchev–Trinajstić information content (AvgIpc) is 2.45. The van der Waals surface area contributed by atoms with E-state index in [2.05, 4.69) is 36.8 Å². The molecule has 0 saturated carbocycles. The van der Waals surface area contributed by atoms with Crippen LogP contribution in [0.3, 0.4) is 0 Å². The van der Waals surface area contributed by atoms with E-state index in [1.54, 1.807) is 6.92 Å². The van der Waals surface area contributed by atoms with Gasteiger partial charge in [-0.05, 0) is 45.7 Å². The van der Waals surface area contributed by atoms with E-state index in [0.717, 1.165) is 10.4 Å². The Balaban J connectivity index is 2.76. The Labute approximate surface area is 111 Å². The maximum atomic E-state index is 11.4. The van der Waals surface area contributed by atoms with Crippen molar-refractivity contribution in [2.45, 2.75) is 26.4 Å². The standard InChI is InChI=1S/C9H13Br2N3O2/c1-3-16-9(15)6(12)4-14-5(2)13-7(10)8(14)11/h6H,3-4,12H2,1-2H3. The number of carbonyl (C=O) groups is 1. The molecule has 0 aliphatic carbocycles. The highest BCUT2D eigenvalue weighted by Crippen LogP contribution is 2.23. The number of hydrogen-bond donors (Lipinski definition) is 1. The number of halogens is 2. The molecule has 16 heavy (non-hydrogen) atoms. The number of nitrogens with two attached hydrogens (primary N) is 1. The first kappa shape index (κ1) is 13.7. The molecule has 90 valence electrons. The van der Waals surface area contributed by atoms with Gasteiger partial charge in [-0.25, -0.2) is 4.98 Å². The molecule has 0 bridgehead atoms. The highest BCUT2D eigenvalue weighted by Gasteiger charge is 2.19. The van der Waals surface area contributed by atoms with Crippen molar-refractivity contribution in [1.82, 2.24) is 9.55 Å². The van der Waals surface area contributed by atoms with E-state index in [1.165, 1.54) is 0 Å².